The third kappa shape index (κ3) is 3.09. The van der Waals surface area contributed by atoms with Gasteiger partial charge in [0.25, 0.3) is 0 Å². The number of ether oxygens (including phenoxy) is 1. The molecule has 1 unspecified atom stereocenters. The number of hydrogen-bond acceptors (Lipinski definition) is 6. The van der Waals surface area contributed by atoms with Gasteiger partial charge in [-0.15, -0.1) is 0 Å². The second-order valence-electron chi connectivity index (χ2n) is 3.62. The van der Waals surface area contributed by atoms with Crippen molar-refractivity contribution in [1.82, 2.24) is 0 Å². The lowest BCUT2D eigenvalue weighted by Gasteiger charge is -2.11. The first-order valence-corrected chi connectivity index (χ1v) is 5.35. The van der Waals surface area contributed by atoms with Crippen LogP contribution < -0.4 is 5.73 Å². The molecule has 0 aliphatic carbocycles. The Morgan fingerprint density at radius 1 is 1.74 bits per heavy atom. The van der Waals surface area contributed by atoms with Crippen LogP contribution in [0.3, 0.4) is 0 Å². The predicted octanol–water partition coefficient (Wildman–Crippen LogP) is 1.14. The van der Waals surface area contributed by atoms with Gasteiger partial charge in [-0.2, -0.15) is 4.39 Å². The summed E-state index contributed by atoms with van der Waals surface area (Å²) in [6, 6.07) is -0.181. The molecule has 0 heterocycles. The largest absolute Gasteiger partial charge is 0.502 e. The van der Waals surface area contributed by atoms with Gasteiger partial charge in [-0.05, 0) is 6.07 Å². The summed E-state index contributed by atoms with van der Waals surface area (Å²) in [4.78, 5) is 20.7. The Morgan fingerprint density at radius 3 is 2.79 bits per heavy atom. The molecule has 0 aliphatic heterocycles. The highest BCUT2D eigenvalue weighted by Crippen LogP contribution is 2.37. The molecular formula is C10H10ClFN2O5. The number of nitro benzene ring substituents is 1. The first kappa shape index (κ1) is 15.1. The number of phenols is 1. The molecule has 1 aromatic rings. The summed E-state index contributed by atoms with van der Waals surface area (Å²) in [5.74, 6) is -3.03. The van der Waals surface area contributed by atoms with E-state index in [4.69, 9.17) is 17.3 Å². The number of halogens is 2. The van der Waals surface area contributed by atoms with E-state index in [1.165, 1.54) is 0 Å². The second kappa shape index (κ2) is 5.81. The number of benzene rings is 1. The molecule has 0 aromatic heterocycles. The molecule has 0 aliphatic rings. The van der Waals surface area contributed by atoms with Crippen molar-refractivity contribution in [2.24, 2.45) is 5.73 Å². The number of nitro groups is 1. The van der Waals surface area contributed by atoms with Crippen LogP contribution in [0.5, 0.6) is 5.75 Å². The normalized spacial score (nSPS) is 12.0. The Hall–Kier alpha value is -1.93. The fraction of sp³-hybridized carbons (Fsp3) is 0.300. The first-order chi connectivity index (χ1) is 8.79. The van der Waals surface area contributed by atoms with Crippen molar-refractivity contribution in [1.29, 1.82) is 0 Å². The number of nitrogens with zero attached hydrogens (tertiary/aromatic N) is 1. The van der Waals surface area contributed by atoms with Gasteiger partial charge in [0.2, 0.25) is 11.6 Å². The fourth-order valence-electron chi connectivity index (χ4n) is 1.45. The van der Waals surface area contributed by atoms with Gasteiger partial charge in [0.05, 0.1) is 17.1 Å². The Morgan fingerprint density at radius 2 is 2.32 bits per heavy atom. The highest BCUT2D eigenvalue weighted by atomic mass is 35.5. The Labute approximate surface area is 111 Å². The maximum Gasteiger partial charge on any atom is 0.347 e. The minimum absolute atomic E-state index is 0.115. The standard InChI is InChI=1S/C10H10ClFN2O5/c1-19-10(16)6(13)3-4-2-5(11)7(12)8(9(4)15)14(17)18/h2,6,15H,3,13H2,1H3. The third-order valence-corrected chi connectivity index (χ3v) is 2.65. The molecule has 7 nitrogen and oxygen atoms in total. The molecule has 0 radical (unpaired) electrons. The van der Waals surface area contributed by atoms with Gasteiger partial charge in [-0.3, -0.25) is 14.9 Å². The summed E-state index contributed by atoms with van der Waals surface area (Å²) in [5.41, 5.74) is 4.18. The van der Waals surface area contributed by atoms with Gasteiger partial charge in [-0.25, -0.2) is 0 Å². The van der Waals surface area contributed by atoms with Gasteiger partial charge >= 0.3 is 11.7 Å². The third-order valence-electron chi connectivity index (χ3n) is 2.37. The number of rotatable bonds is 4. The summed E-state index contributed by atoms with van der Waals surface area (Å²) in [6.45, 7) is 0. The molecule has 0 fully saturated rings. The van der Waals surface area contributed by atoms with Crippen molar-refractivity contribution in [2.75, 3.05) is 7.11 Å². The van der Waals surface area contributed by atoms with E-state index in [1.54, 1.807) is 0 Å². The van der Waals surface area contributed by atoms with E-state index >= 15 is 0 Å². The monoisotopic (exact) mass is 292 g/mol. The minimum Gasteiger partial charge on any atom is -0.502 e. The maximum atomic E-state index is 13.4. The van der Waals surface area contributed by atoms with Crippen LogP contribution in [-0.2, 0) is 16.0 Å². The van der Waals surface area contributed by atoms with Crippen molar-refractivity contribution in [3.05, 3.63) is 32.6 Å². The van der Waals surface area contributed by atoms with Crippen LogP contribution in [0.25, 0.3) is 0 Å². The van der Waals surface area contributed by atoms with Crippen molar-refractivity contribution in [3.8, 4) is 5.75 Å². The van der Waals surface area contributed by atoms with Gasteiger partial charge in [0.1, 0.15) is 6.04 Å². The van der Waals surface area contributed by atoms with Crippen LogP contribution in [-0.4, -0.2) is 29.2 Å². The van der Waals surface area contributed by atoms with E-state index in [9.17, 15) is 24.4 Å². The van der Waals surface area contributed by atoms with E-state index in [0.717, 1.165) is 13.2 Å². The van der Waals surface area contributed by atoms with Gasteiger partial charge in [-0.1, -0.05) is 11.6 Å². The average Bonchev–Trinajstić information content (AvgIpc) is 2.34. The van der Waals surface area contributed by atoms with E-state index in [0.29, 0.717) is 0 Å². The predicted molar refractivity (Wildman–Crippen MR) is 63.4 cm³/mol. The highest BCUT2D eigenvalue weighted by molar-refractivity contribution is 6.31. The molecule has 9 heteroatoms. The highest BCUT2D eigenvalue weighted by Gasteiger charge is 2.28. The molecule has 0 saturated carbocycles. The summed E-state index contributed by atoms with van der Waals surface area (Å²) >= 11 is 5.48. The van der Waals surface area contributed by atoms with Crippen LogP contribution in [0.2, 0.25) is 5.02 Å². The zero-order chi connectivity index (χ0) is 14.7. The molecule has 0 bridgehead atoms. The quantitative estimate of drug-likeness (QED) is 0.488. The van der Waals surface area contributed by atoms with Gasteiger partial charge in [0.15, 0.2) is 0 Å². The van der Waals surface area contributed by atoms with Crippen LogP contribution >= 0.6 is 11.6 Å². The van der Waals surface area contributed by atoms with E-state index < -0.39 is 39.2 Å². The zero-order valence-electron chi connectivity index (χ0n) is 9.72. The first-order valence-electron chi connectivity index (χ1n) is 4.97. The molecule has 19 heavy (non-hydrogen) atoms. The summed E-state index contributed by atoms with van der Waals surface area (Å²) in [7, 11) is 1.11. The summed E-state index contributed by atoms with van der Waals surface area (Å²) in [5, 5.41) is 19.7. The van der Waals surface area contributed by atoms with Gasteiger partial charge < -0.3 is 15.6 Å². The lowest BCUT2D eigenvalue weighted by Crippen LogP contribution is -2.33. The molecule has 3 N–H and O–H groups in total. The molecule has 1 atom stereocenters. The molecule has 0 spiro atoms. The summed E-state index contributed by atoms with van der Waals surface area (Å²) < 4.78 is 17.8. The molecular weight excluding hydrogens is 283 g/mol. The Bertz CT molecular complexity index is 537. The average molecular weight is 293 g/mol. The smallest absolute Gasteiger partial charge is 0.347 e. The molecule has 1 rings (SSSR count). The fourth-order valence-corrected chi connectivity index (χ4v) is 1.67. The zero-order valence-corrected chi connectivity index (χ0v) is 10.5. The number of hydrogen-bond donors (Lipinski definition) is 2. The lowest BCUT2D eigenvalue weighted by molar-refractivity contribution is -0.388. The van der Waals surface area contributed by atoms with E-state index in [1.807, 2.05) is 0 Å². The second-order valence-corrected chi connectivity index (χ2v) is 4.03. The molecule has 1 aromatic carbocycles. The summed E-state index contributed by atoms with van der Waals surface area (Å²) in [6.07, 6.45) is -0.278. The van der Waals surface area contributed by atoms with E-state index in [2.05, 4.69) is 4.74 Å². The minimum atomic E-state index is -1.35. The SMILES string of the molecule is COC(=O)C(N)Cc1cc(Cl)c(F)c([N+](=O)[O-])c1O. The topological polar surface area (TPSA) is 116 Å². The van der Waals surface area contributed by atoms with Gasteiger partial charge in [0, 0.05) is 12.0 Å². The number of carbonyl (C=O) groups excluding carboxylic acids is 1. The number of carbonyl (C=O) groups is 1. The van der Waals surface area contributed by atoms with E-state index in [-0.39, 0.29) is 12.0 Å². The number of nitrogens with two attached hydrogens (primary N) is 1. The number of aromatic hydroxyl groups is 1. The van der Waals surface area contributed by atoms with Crippen LogP contribution in [0.4, 0.5) is 10.1 Å². The van der Waals surface area contributed by atoms with Crippen molar-refractivity contribution in [2.45, 2.75) is 12.5 Å². The molecule has 104 valence electrons. The van der Waals surface area contributed by atoms with Crippen molar-refractivity contribution in [3.63, 3.8) is 0 Å². The lowest BCUT2D eigenvalue weighted by atomic mass is 10.0. The van der Waals surface area contributed by atoms with Crippen LogP contribution in [0.15, 0.2) is 6.07 Å². The van der Waals surface area contributed by atoms with Crippen LogP contribution in [0.1, 0.15) is 5.56 Å². The maximum absolute atomic E-state index is 13.4. The number of phenolic OH excluding ortho intramolecular Hbond substituents is 1. The van der Waals surface area contributed by atoms with Crippen molar-refractivity contribution >= 4 is 23.3 Å². The number of methoxy groups -OCH3 is 1. The Kier molecular flexibility index (Phi) is 4.62. The van der Waals surface area contributed by atoms with Crippen molar-refractivity contribution < 1.29 is 24.0 Å². The Balaban J connectivity index is 3.23. The molecule has 0 amide bonds. The van der Waals surface area contributed by atoms with Crippen LogP contribution in [0, 0.1) is 15.9 Å². The number of esters is 1. The molecule has 0 saturated heterocycles.